The fourth-order valence-electron chi connectivity index (χ4n) is 1.17. The van der Waals surface area contributed by atoms with Gasteiger partial charge in [-0.1, -0.05) is 23.7 Å². The summed E-state index contributed by atoms with van der Waals surface area (Å²) in [5.74, 6) is 0.00297. The van der Waals surface area contributed by atoms with E-state index in [2.05, 4.69) is 5.32 Å². The minimum absolute atomic E-state index is 0.00297. The van der Waals surface area contributed by atoms with Gasteiger partial charge >= 0.3 is 0 Å². The van der Waals surface area contributed by atoms with E-state index in [1.165, 1.54) is 6.92 Å². The summed E-state index contributed by atoms with van der Waals surface area (Å²) in [6.07, 6.45) is 0.819. The molecule has 0 saturated carbocycles. The van der Waals surface area contributed by atoms with E-state index in [-0.39, 0.29) is 5.91 Å². The topological polar surface area (TPSA) is 29.1 Å². The summed E-state index contributed by atoms with van der Waals surface area (Å²) in [5.41, 5.74) is 2.23. The second kappa shape index (κ2) is 5.01. The Kier molecular flexibility index (Phi) is 3.96. The van der Waals surface area contributed by atoms with Crippen LogP contribution in [0.2, 0.25) is 5.02 Å². The first-order chi connectivity index (χ1) is 6.59. The van der Waals surface area contributed by atoms with E-state index in [0.717, 1.165) is 22.6 Å². The first-order valence-corrected chi connectivity index (χ1v) is 4.97. The first-order valence-electron chi connectivity index (χ1n) is 4.59. The number of carbonyl (C=O) groups is 1. The number of amides is 1. The van der Waals surface area contributed by atoms with Crippen LogP contribution in [0.3, 0.4) is 0 Å². The third-order valence-electron chi connectivity index (χ3n) is 2.02. The van der Waals surface area contributed by atoms with Gasteiger partial charge in [0.2, 0.25) is 5.91 Å². The molecule has 1 N–H and O–H groups in total. The maximum atomic E-state index is 10.6. The van der Waals surface area contributed by atoms with Crippen molar-refractivity contribution in [3.8, 4) is 0 Å². The molecule has 0 bridgehead atoms. The Balaban J connectivity index is 2.51. The molecule has 0 heterocycles. The molecule has 0 aromatic heterocycles. The number of halogens is 1. The molecule has 0 aliphatic carbocycles. The Morgan fingerprint density at radius 2 is 2.21 bits per heavy atom. The van der Waals surface area contributed by atoms with E-state index < -0.39 is 0 Å². The molecule has 0 radical (unpaired) electrons. The molecule has 0 unspecified atom stereocenters. The lowest BCUT2D eigenvalue weighted by atomic mass is 10.1. The molecule has 1 rings (SSSR count). The molecule has 0 fully saturated rings. The number of benzene rings is 1. The van der Waals surface area contributed by atoms with Crippen LogP contribution >= 0.6 is 11.6 Å². The van der Waals surface area contributed by atoms with Crippen molar-refractivity contribution in [3.63, 3.8) is 0 Å². The molecule has 1 aromatic carbocycles. The van der Waals surface area contributed by atoms with Gasteiger partial charge in [-0.15, -0.1) is 0 Å². The van der Waals surface area contributed by atoms with Gasteiger partial charge in [0, 0.05) is 18.5 Å². The zero-order valence-corrected chi connectivity index (χ0v) is 9.19. The van der Waals surface area contributed by atoms with Crippen molar-refractivity contribution in [2.24, 2.45) is 0 Å². The van der Waals surface area contributed by atoms with Gasteiger partial charge in [-0.05, 0) is 30.5 Å². The lowest BCUT2D eigenvalue weighted by Crippen LogP contribution is -2.22. The zero-order chi connectivity index (χ0) is 10.6. The van der Waals surface area contributed by atoms with E-state index in [1.54, 1.807) is 0 Å². The second-order valence-electron chi connectivity index (χ2n) is 3.32. The van der Waals surface area contributed by atoms with Crippen molar-refractivity contribution < 1.29 is 4.79 Å². The third kappa shape index (κ3) is 3.38. The standard InChI is InChI=1S/C11H14ClNO/c1-8-3-4-10(7-11(8)12)5-6-13-9(2)14/h3-4,7H,5-6H2,1-2H3,(H,13,14). The maximum absolute atomic E-state index is 10.6. The van der Waals surface area contributed by atoms with Crippen LogP contribution in [-0.4, -0.2) is 12.5 Å². The Bertz CT molecular complexity index is 336. The molecule has 0 aliphatic heterocycles. The molecule has 2 nitrogen and oxygen atoms in total. The zero-order valence-electron chi connectivity index (χ0n) is 8.43. The summed E-state index contributed by atoms with van der Waals surface area (Å²) in [7, 11) is 0. The summed E-state index contributed by atoms with van der Waals surface area (Å²) in [5, 5.41) is 3.53. The van der Waals surface area contributed by atoms with E-state index in [9.17, 15) is 4.79 Å². The minimum atomic E-state index is 0.00297. The summed E-state index contributed by atoms with van der Waals surface area (Å²) in [4.78, 5) is 10.6. The Morgan fingerprint density at radius 1 is 1.50 bits per heavy atom. The van der Waals surface area contributed by atoms with Gasteiger partial charge < -0.3 is 5.32 Å². The van der Waals surface area contributed by atoms with Crippen molar-refractivity contribution in [2.75, 3.05) is 6.54 Å². The molecule has 1 aromatic rings. The fourth-order valence-corrected chi connectivity index (χ4v) is 1.38. The van der Waals surface area contributed by atoms with Crippen molar-refractivity contribution in [1.29, 1.82) is 0 Å². The average Bonchev–Trinajstić information content (AvgIpc) is 2.10. The maximum Gasteiger partial charge on any atom is 0.216 e. The van der Waals surface area contributed by atoms with Crippen LogP contribution < -0.4 is 5.32 Å². The quantitative estimate of drug-likeness (QED) is 0.817. The van der Waals surface area contributed by atoms with Gasteiger partial charge in [0.25, 0.3) is 0 Å². The van der Waals surface area contributed by atoms with Gasteiger partial charge in [0.1, 0.15) is 0 Å². The van der Waals surface area contributed by atoms with Crippen LogP contribution in [0.4, 0.5) is 0 Å². The summed E-state index contributed by atoms with van der Waals surface area (Å²) < 4.78 is 0. The summed E-state index contributed by atoms with van der Waals surface area (Å²) >= 11 is 5.97. The lowest BCUT2D eigenvalue weighted by molar-refractivity contribution is -0.118. The average molecular weight is 212 g/mol. The lowest BCUT2D eigenvalue weighted by Gasteiger charge is -2.04. The predicted octanol–water partition coefficient (Wildman–Crippen LogP) is 2.33. The van der Waals surface area contributed by atoms with E-state index >= 15 is 0 Å². The highest BCUT2D eigenvalue weighted by Crippen LogP contribution is 2.16. The Labute approximate surface area is 89.3 Å². The van der Waals surface area contributed by atoms with Gasteiger partial charge in [0.15, 0.2) is 0 Å². The molecule has 0 aliphatic rings. The smallest absolute Gasteiger partial charge is 0.216 e. The van der Waals surface area contributed by atoms with E-state index in [4.69, 9.17) is 11.6 Å². The predicted molar refractivity (Wildman–Crippen MR) is 58.6 cm³/mol. The van der Waals surface area contributed by atoms with Crippen LogP contribution in [0.5, 0.6) is 0 Å². The highest BCUT2D eigenvalue weighted by Gasteiger charge is 1.98. The molecule has 3 heteroatoms. The second-order valence-corrected chi connectivity index (χ2v) is 3.72. The molecule has 1 amide bonds. The highest BCUT2D eigenvalue weighted by atomic mass is 35.5. The number of nitrogens with one attached hydrogen (secondary N) is 1. The normalized spacial score (nSPS) is 9.93. The number of hydrogen-bond donors (Lipinski definition) is 1. The van der Waals surface area contributed by atoms with E-state index in [0.29, 0.717) is 6.54 Å². The van der Waals surface area contributed by atoms with Crippen molar-refractivity contribution in [2.45, 2.75) is 20.3 Å². The molecule has 0 saturated heterocycles. The monoisotopic (exact) mass is 211 g/mol. The van der Waals surface area contributed by atoms with Gasteiger partial charge in [0.05, 0.1) is 0 Å². The van der Waals surface area contributed by atoms with E-state index in [1.807, 2.05) is 25.1 Å². The van der Waals surface area contributed by atoms with Crippen LogP contribution in [0.1, 0.15) is 18.1 Å². The van der Waals surface area contributed by atoms with Gasteiger partial charge in [-0.25, -0.2) is 0 Å². The molecular formula is C11H14ClNO. The number of hydrogen-bond acceptors (Lipinski definition) is 1. The molecular weight excluding hydrogens is 198 g/mol. The van der Waals surface area contributed by atoms with Gasteiger partial charge in [-0.2, -0.15) is 0 Å². The minimum Gasteiger partial charge on any atom is -0.356 e. The SMILES string of the molecule is CC(=O)NCCc1ccc(C)c(Cl)c1. The van der Waals surface area contributed by atoms with Crippen LogP contribution in [0, 0.1) is 6.92 Å². The largest absolute Gasteiger partial charge is 0.356 e. The Hall–Kier alpha value is -1.02. The van der Waals surface area contributed by atoms with Crippen molar-refractivity contribution >= 4 is 17.5 Å². The van der Waals surface area contributed by atoms with Crippen molar-refractivity contribution in [3.05, 3.63) is 34.3 Å². The van der Waals surface area contributed by atoms with Crippen LogP contribution in [0.25, 0.3) is 0 Å². The molecule has 76 valence electrons. The Morgan fingerprint density at radius 3 is 2.79 bits per heavy atom. The molecule has 14 heavy (non-hydrogen) atoms. The fraction of sp³-hybridized carbons (Fsp3) is 0.364. The summed E-state index contributed by atoms with van der Waals surface area (Å²) in [6, 6.07) is 5.97. The summed E-state index contributed by atoms with van der Waals surface area (Å²) in [6.45, 7) is 4.15. The number of rotatable bonds is 3. The highest BCUT2D eigenvalue weighted by molar-refractivity contribution is 6.31. The molecule has 0 atom stereocenters. The first kappa shape index (κ1) is 11.1. The van der Waals surface area contributed by atoms with Crippen LogP contribution in [0.15, 0.2) is 18.2 Å². The number of aryl methyl sites for hydroxylation is 1. The third-order valence-corrected chi connectivity index (χ3v) is 2.43. The van der Waals surface area contributed by atoms with Gasteiger partial charge in [-0.3, -0.25) is 4.79 Å². The molecule has 0 spiro atoms. The number of carbonyl (C=O) groups excluding carboxylic acids is 1. The van der Waals surface area contributed by atoms with Crippen molar-refractivity contribution in [1.82, 2.24) is 5.32 Å². The van der Waals surface area contributed by atoms with Crippen LogP contribution in [-0.2, 0) is 11.2 Å².